The monoisotopic (exact) mass is 529 g/mol. The van der Waals surface area contributed by atoms with Gasteiger partial charge in [-0.15, -0.1) is 0 Å². The molecular weight excluding hydrogens is 498 g/mol. The number of hydrogen-bond acceptors (Lipinski definition) is 6. The molecule has 202 valence electrons. The highest BCUT2D eigenvalue weighted by Crippen LogP contribution is 2.47. The molecule has 3 aromatic rings. The van der Waals surface area contributed by atoms with Crippen LogP contribution >= 0.6 is 0 Å². The maximum atomic E-state index is 13.7. The molecule has 1 aliphatic rings. The van der Waals surface area contributed by atoms with Gasteiger partial charge in [0.2, 0.25) is 5.91 Å². The van der Waals surface area contributed by atoms with Gasteiger partial charge in [-0.1, -0.05) is 79.7 Å². The number of rotatable bonds is 11. The smallest absolute Gasteiger partial charge is 0.269 e. The summed E-state index contributed by atoms with van der Waals surface area (Å²) in [6.45, 7) is 2.17. The molecule has 2 atom stereocenters. The van der Waals surface area contributed by atoms with Crippen molar-refractivity contribution in [1.29, 1.82) is 0 Å². The maximum Gasteiger partial charge on any atom is 0.269 e. The number of anilines is 1. The third-order valence-corrected chi connectivity index (χ3v) is 6.96. The summed E-state index contributed by atoms with van der Waals surface area (Å²) < 4.78 is 0. The fourth-order valence-corrected chi connectivity index (χ4v) is 4.83. The van der Waals surface area contributed by atoms with E-state index >= 15 is 0 Å². The van der Waals surface area contributed by atoms with Crippen molar-refractivity contribution in [3.05, 3.63) is 118 Å². The van der Waals surface area contributed by atoms with E-state index in [2.05, 4.69) is 0 Å². The summed E-state index contributed by atoms with van der Waals surface area (Å²) >= 11 is 0. The number of hydrogen-bond donors (Lipinski definition) is 2. The van der Waals surface area contributed by atoms with Crippen LogP contribution in [0.5, 0.6) is 0 Å². The molecule has 0 aliphatic carbocycles. The van der Waals surface area contributed by atoms with Gasteiger partial charge >= 0.3 is 0 Å². The van der Waals surface area contributed by atoms with Crippen molar-refractivity contribution >= 4 is 23.2 Å². The Morgan fingerprint density at radius 1 is 1.08 bits per heavy atom. The molecule has 0 fully saturated rings. The summed E-state index contributed by atoms with van der Waals surface area (Å²) in [7, 11) is 0. The first-order valence-electron chi connectivity index (χ1n) is 12.7. The van der Waals surface area contributed by atoms with Crippen LogP contribution in [0.4, 0.5) is 11.4 Å². The molecule has 0 unspecified atom stereocenters. The quantitative estimate of drug-likeness (QED) is 0.220. The normalized spacial score (nSPS) is 17.3. The molecule has 9 heteroatoms. The van der Waals surface area contributed by atoms with Crippen LogP contribution in [0.3, 0.4) is 0 Å². The first kappa shape index (κ1) is 27.7. The van der Waals surface area contributed by atoms with Crippen LogP contribution in [0.15, 0.2) is 91.0 Å². The van der Waals surface area contributed by atoms with Crippen molar-refractivity contribution in [3.63, 3.8) is 0 Å². The van der Waals surface area contributed by atoms with E-state index in [9.17, 15) is 29.9 Å². The van der Waals surface area contributed by atoms with Crippen LogP contribution < -0.4 is 4.90 Å². The largest absolute Gasteiger partial charge is 0.395 e. The molecule has 0 bridgehead atoms. The lowest BCUT2D eigenvalue weighted by molar-refractivity contribution is -0.385. The molecule has 1 aliphatic heterocycles. The summed E-state index contributed by atoms with van der Waals surface area (Å²) in [5.41, 5.74) is 0.0606. The fourth-order valence-electron chi connectivity index (χ4n) is 4.83. The molecule has 2 N–H and O–H groups in total. The van der Waals surface area contributed by atoms with Crippen molar-refractivity contribution in [2.24, 2.45) is 5.92 Å². The molecule has 1 heterocycles. The van der Waals surface area contributed by atoms with Gasteiger partial charge in [0.05, 0.1) is 23.8 Å². The number of aliphatic hydroxyl groups is 2. The minimum Gasteiger partial charge on any atom is -0.395 e. The van der Waals surface area contributed by atoms with Crippen LogP contribution in [0.25, 0.3) is 0 Å². The molecule has 3 aromatic carbocycles. The Labute approximate surface area is 226 Å². The van der Waals surface area contributed by atoms with E-state index in [1.54, 1.807) is 24.0 Å². The predicted octanol–water partition coefficient (Wildman–Crippen LogP) is 3.93. The molecular formula is C30H31N3O6. The number of amides is 2. The average molecular weight is 530 g/mol. The number of nitro groups is 1. The van der Waals surface area contributed by atoms with Crippen LogP contribution in [0.1, 0.15) is 30.0 Å². The highest BCUT2D eigenvalue weighted by Gasteiger charge is 2.53. The first-order valence-corrected chi connectivity index (χ1v) is 12.7. The van der Waals surface area contributed by atoms with Crippen LogP contribution in [0.2, 0.25) is 0 Å². The highest BCUT2D eigenvalue weighted by atomic mass is 16.6. The second-order valence-electron chi connectivity index (χ2n) is 9.55. The maximum absolute atomic E-state index is 13.7. The molecule has 39 heavy (non-hydrogen) atoms. The summed E-state index contributed by atoms with van der Waals surface area (Å²) in [6, 6.07) is 22.8. The Hall–Kier alpha value is -4.34. The van der Waals surface area contributed by atoms with Gasteiger partial charge in [0.25, 0.3) is 11.6 Å². The van der Waals surface area contributed by atoms with Crippen LogP contribution in [-0.2, 0) is 28.3 Å². The van der Waals surface area contributed by atoms with Crippen molar-refractivity contribution in [2.75, 3.05) is 18.1 Å². The van der Waals surface area contributed by atoms with E-state index in [1.165, 1.54) is 23.1 Å². The lowest BCUT2D eigenvalue weighted by Gasteiger charge is -2.27. The SMILES string of the molecule is C[C@H](/C=C/CC(=O)N(CCO)Cc1ccccc1)[C@@]1(O)C(=O)N(Cc2ccccc2)c2ccc([N+](=O)[O-])cc21. The van der Waals surface area contributed by atoms with Crippen LogP contribution in [0, 0.1) is 16.0 Å². The van der Waals surface area contributed by atoms with Crippen molar-refractivity contribution in [3.8, 4) is 0 Å². The molecule has 0 radical (unpaired) electrons. The summed E-state index contributed by atoms with van der Waals surface area (Å²) in [4.78, 5) is 40.5. The second-order valence-corrected chi connectivity index (χ2v) is 9.55. The lowest BCUT2D eigenvalue weighted by atomic mass is 9.82. The Balaban J connectivity index is 1.56. The number of non-ortho nitro benzene ring substituents is 1. The van der Waals surface area contributed by atoms with Gasteiger partial charge in [-0.3, -0.25) is 19.7 Å². The zero-order chi connectivity index (χ0) is 28.0. The van der Waals surface area contributed by atoms with E-state index in [4.69, 9.17) is 0 Å². The Kier molecular flexibility index (Phi) is 8.53. The zero-order valence-corrected chi connectivity index (χ0v) is 21.6. The second kappa shape index (κ2) is 12.0. The Bertz CT molecular complexity index is 1360. The Morgan fingerprint density at radius 3 is 2.33 bits per heavy atom. The molecule has 0 saturated heterocycles. The number of carbonyl (C=O) groups excluding carboxylic acids is 2. The predicted molar refractivity (Wildman–Crippen MR) is 146 cm³/mol. The first-order chi connectivity index (χ1) is 18.8. The van der Waals surface area contributed by atoms with E-state index < -0.39 is 22.3 Å². The standard InChI is InChI=1S/C30H31N3O6/c1-22(9-8-14-28(35)31(17-18-34)20-23-10-4-2-5-11-23)30(37)26-19-25(33(38)39)15-16-27(26)32(29(30)36)21-24-12-6-3-7-13-24/h2-13,15-16,19,22,34,37H,14,17-18,20-21H2,1H3/b9-8+/t22-,30+/m1/s1. The molecule has 0 saturated carbocycles. The van der Waals surface area contributed by atoms with Gasteiger partial charge in [-0.2, -0.15) is 0 Å². The van der Waals surface area contributed by atoms with Crippen molar-refractivity contribution < 1.29 is 24.7 Å². The molecule has 9 nitrogen and oxygen atoms in total. The number of nitrogens with zero attached hydrogens (tertiary/aromatic N) is 3. The van der Waals surface area contributed by atoms with Gasteiger partial charge in [-0.05, 0) is 17.2 Å². The summed E-state index contributed by atoms with van der Waals surface area (Å²) in [5, 5.41) is 32.7. The van der Waals surface area contributed by atoms with Crippen LogP contribution in [-0.4, -0.2) is 45.0 Å². The number of nitro benzene ring substituents is 1. The van der Waals surface area contributed by atoms with E-state index in [0.717, 1.165) is 11.1 Å². The fraction of sp³-hybridized carbons (Fsp3) is 0.267. The van der Waals surface area contributed by atoms with E-state index in [0.29, 0.717) is 12.2 Å². The minimum atomic E-state index is -2.05. The average Bonchev–Trinajstić information content (AvgIpc) is 3.16. The topological polar surface area (TPSA) is 124 Å². The molecule has 0 aromatic heterocycles. The zero-order valence-electron chi connectivity index (χ0n) is 21.6. The van der Waals surface area contributed by atoms with E-state index in [1.807, 2.05) is 60.7 Å². The lowest BCUT2D eigenvalue weighted by Crippen LogP contribution is -2.44. The van der Waals surface area contributed by atoms with E-state index in [-0.39, 0.29) is 43.3 Å². The van der Waals surface area contributed by atoms with Gasteiger partial charge in [0.1, 0.15) is 0 Å². The number of fused-ring (bicyclic) bond motifs is 1. The summed E-state index contributed by atoms with van der Waals surface area (Å²) in [6.07, 6.45) is 3.17. The van der Waals surface area contributed by atoms with Gasteiger partial charge < -0.3 is 20.0 Å². The molecule has 0 spiro atoms. The molecule has 4 rings (SSSR count). The van der Waals surface area contributed by atoms with Crippen molar-refractivity contribution in [2.45, 2.75) is 32.0 Å². The number of carbonyl (C=O) groups is 2. The van der Waals surface area contributed by atoms with Crippen molar-refractivity contribution in [1.82, 2.24) is 4.90 Å². The number of aliphatic hydroxyl groups excluding tert-OH is 1. The van der Waals surface area contributed by atoms with Gasteiger partial charge in [0.15, 0.2) is 5.60 Å². The minimum absolute atomic E-state index is 0.00301. The number of benzene rings is 3. The third kappa shape index (κ3) is 5.89. The Morgan fingerprint density at radius 2 is 1.72 bits per heavy atom. The summed E-state index contributed by atoms with van der Waals surface area (Å²) in [5.74, 6) is -1.60. The third-order valence-electron chi connectivity index (χ3n) is 6.96. The van der Waals surface area contributed by atoms with Gasteiger partial charge in [-0.25, -0.2) is 0 Å². The highest BCUT2D eigenvalue weighted by molar-refractivity contribution is 6.07. The molecule has 2 amide bonds. The van der Waals surface area contributed by atoms with Gasteiger partial charge in [0, 0.05) is 43.1 Å².